The number of halogens is 2. The van der Waals surface area contributed by atoms with Gasteiger partial charge in [0.2, 0.25) is 5.91 Å². The van der Waals surface area contributed by atoms with Crippen LogP contribution in [-0.4, -0.2) is 23.2 Å². The summed E-state index contributed by atoms with van der Waals surface area (Å²) in [5.74, 6) is -0.192. The van der Waals surface area contributed by atoms with Crippen molar-refractivity contribution in [2.24, 2.45) is 5.92 Å². The van der Waals surface area contributed by atoms with E-state index in [0.717, 1.165) is 0 Å². The van der Waals surface area contributed by atoms with Crippen LogP contribution in [0, 0.1) is 11.7 Å². The Hall–Kier alpha value is -1.09. The first-order valence-electron chi connectivity index (χ1n) is 5.61. The van der Waals surface area contributed by atoms with Crippen LogP contribution in [0.25, 0.3) is 0 Å². The van der Waals surface area contributed by atoms with Gasteiger partial charge in [0.1, 0.15) is 11.7 Å². The molecule has 1 amide bonds. The molecule has 0 unspecified atom stereocenters. The van der Waals surface area contributed by atoms with E-state index < -0.39 is 0 Å². The van der Waals surface area contributed by atoms with Crippen molar-refractivity contribution in [1.82, 2.24) is 4.90 Å². The predicted molar refractivity (Wildman–Crippen MR) is 67.4 cm³/mol. The van der Waals surface area contributed by atoms with Crippen molar-refractivity contribution in [1.29, 1.82) is 0 Å². The smallest absolute Gasteiger partial charge is 0.237 e. The first-order valence-corrected chi connectivity index (χ1v) is 6.15. The van der Waals surface area contributed by atoms with Crippen molar-refractivity contribution in [3.8, 4) is 0 Å². The topological polar surface area (TPSA) is 20.3 Å². The fourth-order valence-electron chi connectivity index (χ4n) is 1.61. The average Bonchev–Trinajstić information content (AvgIpc) is 2.29. The van der Waals surface area contributed by atoms with Crippen molar-refractivity contribution in [2.75, 3.05) is 12.4 Å². The first kappa shape index (κ1) is 14.0. The molecule has 0 atom stereocenters. The molecule has 17 heavy (non-hydrogen) atoms. The number of alkyl halides is 1. The number of carbonyl (C=O) groups is 1. The molecule has 0 spiro atoms. The molecule has 94 valence electrons. The van der Waals surface area contributed by atoms with Crippen LogP contribution >= 0.6 is 11.6 Å². The number of carbonyl (C=O) groups excluding carboxylic acids is 1. The molecule has 2 nitrogen and oxygen atoms in total. The zero-order valence-corrected chi connectivity index (χ0v) is 10.9. The van der Waals surface area contributed by atoms with Crippen molar-refractivity contribution in [3.05, 3.63) is 35.6 Å². The van der Waals surface area contributed by atoms with Crippen molar-refractivity contribution in [3.63, 3.8) is 0 Å². The molecule has 1 aromatic rings. The van der Waals surface area contributed by atoms with E-state index in [9.17, 15) is 9.18 Å². The highest BCUT2D eigenvalue weighted by Gasteiger charge is 2.15. The van der Waals surface area contributed by atoms with Gasteiger partial charge in [0, 0.05) is 18.7 Å². The minimum Gasteiger partial charge on any atom is -0.337 e. The number of benzene rings is 1. The molecular weight excluding hydrogens is 241 g/mol. The summed E-state index contributed by atoms with van der Waals surface area (Å²) in [5.41, 5.74) is 0.520. The number of hydrogen-bond acceptors (Lipinski definition) is 1. The Kier molecular flexibility index (Phi) is 5.42. The third-order valence-electron chi connectivity index (χ3n) is 2.37. The van der Waals surface area contributed by atoms with Gasteiger partial charge >= 0.3 is 0 Å². The SMILES string of the molecule is CC(C)CN(Cc1ccccc1F)C(=O)CCl. The maximum atomic E-state index is 13.5. The fourth-order valence-corrected chi connectivity index (χ4v) is 1.78. The first-order chi connectivity index (χ1) is 8.04. The van der Waals surface area contributed by atoms with Gasteiger partial charge in [-0.25, -0.2) is 4.39 Å². The quantitative estimate of drug-likeness (QED) is 0.743. The van der Waals surface area contributed by atoms with E-state index in [4.69, 9.17) is 11.6 Å². The van der Waals surface area contributed by atoms with Crippen LogP contribution in [-0.2, 0) is 11.3 Å². The van der Waals surface area contributed by atoms with Crippen molar-refractivity contribution < 1.29 is 9.18 Å². The van der Waals surface area contributed by atoms with E-state index in [1.807, 2.05) is 13.8 Å². The monoisotopic (exact) mass is 257 g/mol. The van der Waals surface area contributed by atoms with E-state index in [-0.39, 0.29) is 24.1 Å². The van der Waals surface area contributed by atoms with Gasteiger partial charge in [-0.2, -0.15) is 0 Å². The lowest BCUT2D eigenvalue weighted by molar-refractivity contribution is -0.129. The summed E-state index contributed by atoms with van der Waals surface area (Å²) in [7, 11) is 0. The standard InChI is InChI=1S/C13H17ClFNO/c1-10(2)8-16(13(17)7-14)9-11-5-3-4-6-12(11)15/h3-6,10H,7-9H2,1-2H3. The summed E-state index contributed by atoms with van der Waals surface area (Å²) >= 11 is 5.55. The molecule has 0 N–H and O–H groups in total. The molecule has 0 fully saturated rings. The zero-order valence-electron chi connectivity index (χ0n) is 10.1. The fraction of sp³-hybridized carbons (Fsp3) is 0.462. The average molecular weight is 258 g/mol. The maximum Gasteiger partial charge on any atom is 0.237 e. The molecule has 0 aliphatic rings. The van der Waals surface area contributed by atoms with Crippen LogP contribution < -0.4 is 0 Å². The molecule has 0 bridgehead atoms. The molecule has 0 saturated heterocycles. The summed E-state index contributed by atoms with van der Waals surface area (Å²) in [5, 5.41) is 0. The van der Waals surface area contributed by atoms with Crippen LogP contribution in [0.5, 0.6) is 0 Å². The summed E-state index contributed by atoms with van der Waals surface area (Å²) in [6, 6.07) is 6.48. The molecule has 4 heteroatoms. The van der Waals surface area contributed by atoms with Gasteiger partial charge in [-0.05, 0) is 12.0 Å². The van der Waals surface area contributed by atoms with Crippen molar-refractivity contribution >= 4 is 17.5 Å². The lowest BCUT2D eigenvalue weighted by Crippen LogP contribution is -2.34. The molecule has 0 heterocycles. The predicted octanol–water partition coefficient (Wildman–Crippen LogP) is 3.05. The largest absolute Gasteiger partial charge is 0.337 e. The van der Waals surface area contributed by atoms with Crippen LogP contribution in [0.1, 0.15) is 19.4 Å². The maximum absolute atomic E-state index is 13.5. The highest BCUT2D eigenvalue weighted by molar-refractivity contribution is 6.27. The minimum atomic E-state index is -0.288. The highest BCUT2D eigenvalue weighted by Crippen LogP contribution is 2.12. The van der Waals surface area contributed by atoms with E-state index >= 15 is 0 Å². The molecule has 0 aliphatic heterocycles. The number of hydrogen-bond donors (Lipinski definition) is 0. The highest BCUT2D eigenvalue weighted by atomic mass is 35.5. The molecule has 1 rings (SSSR count). The molecule has 0 radical (unpaired) electrons. The van der Waals surface area contributed by atoms with Crippen LogP contribution in [0.3, 0.4) is 0 Å². The Labute approximate surface area is 106 Å². The van der Waals surface area contributed by atoms with E-state index in [0.29, 0.717) is 18.0 Å². The van der Waals surface area contributed by atoms with E-state index in [2.05, 4.69) is 0 Å². The number of nitrogens with zero attached hydrogens (tertiary/aromatic N) is 1. The Bertz CT molecular complexity index is 381. The third kappa shape index (κ3) is 4.35. The Balaban J connectivity index is 2.79. The second-order valence-corrected chi connectivity index (χ2v) is 4.66. The number of rotatable bonds is 5. The third-order valence-corrected chi connectivity index (χ3v) is 2.60. The van der Waals surface area contributed by atoms with Gasteiger partial charge in [-0.15, -0.1) is 11.6 Å². The molecule has 0 aromatic heterocycles. The van der Waals surface area contributed by atoms with Crippen LogP contribution in [0.15, 0.2) is 24.3 Å². The van der Waals surface area contributed by atoms with Gasteiger partial charge in [-0.1, -0.05) is 32.0 Å². The zero-order chi connectivity index (χ0) is 12.8. The Morgan fingerprint density at radius 2 is 2.06 bits per heavy atom. The number of amides is 1. The molecule has 1 aromatic carbocycles. The lowest BCUT2D eigenvalue weighted by atomic mass is 10.1. The molecular formula is C13H17ClFNO. The van der Waals surface area contributed by atoms with Crippen LogP contribution in [0.2, 0.25) is 0 Å². The summed E-state index contributed by atoms with van der Waals surface area (Å²) < 4.78 is 13.5. The molecule has 0 saturated carbocycles. The van der Waals surface area contributed by atoms with Crippen LogP contribution in [0.4, 0.5) is 4.39 Å². The van der Waals surface area contributed by atoms with E-state index in [1.165, 1.54) is 6.07 Å². The van der Waals surface area contributed by atoms with Gasteiger partial charge in [-0.3, -0.25) is 4.79 Å². The summed E-state index contributed by atoms with van der Waals surface area (Å²) in [6.07, 6.45) is 0. The van der Waals surface area contributed by atoms with E-state index in [1.54, 1.807) is 23.1 Å². The van der Waals surface area contributed by atoms with Gasteiger partial charge in [0.05, 0.1) is 0 Å². The Morgan fingerprint density at radius 1 is 1.41 bits per heavy atom. The second-order valence-electron chi connectivity index (χ2n) is 4.39. The summed E-state index contributed by atoms with van der Waals surface area (Å²) in [6.45, 7) is 4.88. The van der Waals surface area contributed by atoms with Gasteiger partial charge in [0.15, 0.2) is 0 Å². The second kappa shape index (κ2) is 6.60. The lowest BCUT2D eigenvalue weighted by Gasteiger charge is -2.24. The minimum absolute atomic E-state index is 0.0683. The Morgan fingerprint density at radius 3 is 2.59 bits per heavy atom. The molecule has 0 aliphatic carbocycles. The van der Waals surface area contributed by atoms with Gasteiger partial charge < -0.3 is 4.90 Å². The normalized spacial score (nSPS) is 10.6. The van der Waals surface area contributed by atoms with Crippen molar-refractivity contribution in [2.45, 2.75) is 20.4 Å². The summed E-state index contributed by atoms with van der Waals surface area (Å²) in [4.78, 5) is 13.2. The van der Waals surface area contributed by atoms with Gasteiger partial charge in [0.25, 0.3) is 0 Å².